The largest absolute Gasteiger partial charge is 0.314 e. The third-order valence-electron chi connectivity index (χ3n) is 5.44. The van der Waals surface area contributed by atoms with Crippen LogP contribution >= 0.6 is 0 Å². The van der Waals surface area contributed by atoms with E-state index < -0.39 is 0 Å². The number of hydrogen-bond acceptors (Lipinski definition) is 2. The number of hydrogen-bond donors (Lipinski definition) is 1. The van der Waals surface area contributed by atoms with E-state index >= 15 is 0 Å². The van der Waals surface area contributed by atoms with Gasteiger partial charge in [0.25, 0.3) is 0 Å². The highest BCUT2D eigenvalue weighted by Crippen LogP contribution is 2.34. The van der Waals surface area contributed by atoms with Crippen LogP contribution in [0.25, 0.3) is 0 Å². The molecule has 2 aliphatic carbocycles. The number of aromatic nitrogens is 2. The van der Waals surface area contributed by atoms with Gasteiger partial charge in [0, 0.05) is 12.2 Å². The molecule has 2 aliphatic rings. The number of rotatable bonds is 6. The Balaban J connectivity index is 1.55. The van der Waals surface area contributed by atoms with E-state index in [1.807, 2.05) is 0 Å². The minimum Gasteiger partial charge on any atom is -0.314 e. The normalized spacial score (nSPS) is 27.0. The molecule has 3 heteroatoms. The van der Waals surface area contributed by atoms with Crippen molar-refractivity contribution in [3.63, 3.8) is 0 Å². The van der Waals surface area contributed by atoms with Gasteiger partial charge in [-0.15, -0.1) is 0 Å². The lowest BCUT2D eigenvalue weighted by Gasteiger charge is -2.20. The van der Waals surface area contributed by atoms with Gasteiger partial charge in [0.15, 0.2) is 0 Å². The summed E-state index contributed by atoms with van der Waals surface area (Å²) in [5.41, 5.74) is 1.32. The predicted molar refractivity (Wildman–Crippen MR) is 87.4 cm³/mol. The Hall–Kier alpha value is -0.830. The molecule has 3 nitrogen and oxygen atoms in total. The maximum absolute atomic E-state index is 4.88. The van der Waals surface area contributed by atoms with E-state index in [4.69, 9.17) is 5.10 Å². The zero-order valence-corrected chi connectivity index (χ0v) is 13.7. The van der Waals surface area contributed by atoms with E-state index in [0.29, 0.717) is 12.1 Å². The van der Waals surface area contributed by atoms with Gasteiger partial charge in [-0.2, -0.15) is 5.10 Å². The van der Waals surface area contributed by atoms with Crippen molar-refractivity contribution in [3.8, 4) is 0 Å². The van der Waals surface area contributed by atoms with Crippen molar-refractivity contribution in [3.05, 3.63) is 18.0 Å². The highest BCUT2D eigenvalue weighted by molar-refractivity contribution is 5.03. The van der Waals surface area contributed by atoms with Crippen LogP contribution in [-0.2, 0) is 6.42 Å². The Morgan fingerprint density at radius 2 is 1.90 bits per heavy atom. The minimum absolute atomic E-state index is 0.604. The van der Waals surface area contributed by atoms with Crippen LogP contribution in [0.3, 0.4) is 0 Å². The molecule has 1 aromatic heterocycles. The van der Waals surface area contributed by atoms with Gasteiger partial charge in [0.1, 0.15) is 0 Å². The van der Waals surface area contributed by atoms with E-state index in [2.05, 4.69) is 36.1 Å². The first-order valence-electron chi connectivity index (χ1n) is 9.00. The molecule has 21 heavy (non-hydrogen) atoms. The van der Waals surface area contributed by atoms with Crippen molar-refractivity contribution in [1.29, 1.82) is 0 Å². The average molecular weight is 289 g/mol. The minimum atomic E-state index is 0.604. The average Bonchev–Trinajstić information content (AvgIpc) is 3.18. The fraction of sp³-hybridized carbons (Fsp3) is 0.833. The molecule has 0 spiro atoms. The summed E-state index contributed by atoms with van der Waals surface area (Å²) < 4.78 is 2.25. The van der Waals surface area contributed by atoms with Gasteiger partial charge in [-0.25, -0.2) is 0 Å². The predicted octanol–water partition coefficient (Wildman–Crippen LogP) is 3.96. The highest BCUT2D eigenvalue weighted by Gasteiger charge is 2.28. The molecule has 2 unspecified atom stereocenters. The second-order valence-corrected chi connectivity index (χ2v) is 7.44. The summed E-state index contributed by atoms with van der Waals surface area (Å²) in [5, 5.41) is 8.51. The molecule has 1 aromatic rings. The standard InChI is InChI=1S/C18H31N3/c1-14(2)19-13-16-7-5-6-15(16)12-17-10-11-21(20-17)18-8-3-4-9-18/h10-11,14-16,18-19H,3-9,12-13H2,1-2H3. The molecule has 0 aromatic carbocycles. The first-order chi connectivity index (χ1) is 10.2. The van der Waals surface area contributed by atoms with Crippen LogP contribution in [0.2, 0.25) is 0 Å². The van der Waals surface area contributed by atoms with Crippen molar-refractivity contribution < 1.29 is 0 Å². The van der Waals surface area contributed by atoms with Crippen molar-refractivity contribution in [2.24, 2.45) is 11.8 Å². The molecule has 0 amide bonds. The number of nitrogens with zero attached hydrogens (tertiary/aromatic N) is 2. The topological polar surface area (TPSA) is 29.9 Å². The van der Waals surface area contributed by atoms with Gasteiger partial charge in [0.05, 0.1) is 11.7 Å². The summed E-state index contributed by atoms with van der Waals surface area (Å²) in [6.45, 7) is 5.67. The fourth-order valence-electron chi connectivity index (χ4n) is 4.17. The molecule has 2 saturated carbocycles. The molecule has 0 aliphatic heterocycles. The Bertz CT molecular complexity index is 431. The summed E-state index contributed by atoms with van der Waals surface area (Å²) in [4.78, 5) is 0. The van der Waals surface area contributed by atoms with Crippen LogP contribution in [0.5, 0.6) is 0 Å². The Morgan fingerprint density at radius 1 is 1.14 bits per heavy atom. The Kier molecular flexibility index (Phi) is 4.99. The van der Waals surface area contributed by atoms with Crippen molar-refractivity contribution in [2.45, 2.75) is 77.3 Å². The zero-order valence-electron chi connectivity index (χ0n) is 13.7. The first-order valence-corrected chi connectivity index (χ1v) is 9.00. The molecule has 1 N–H and O–H groups in total. The van der Waals surface area contributed by atoms with Gasteiger partial charge < -0.3 is 5.32 Å². The van der Waals surface area contributed by atoms with Crippen molar-refractivity contribution >= 4 is 0 Å². The molecule has 2 fully saturated rings. The zero-order chi connectivity index (χ0) is 14.7. The quantitative estimate of drug-likeness (QED) is 0.859. The summed E-state index contributed by atoms with van der Waals surface area (Å²) in [5.74, 6) is 1.69. The lowest BCUT2D eigenvalue weighted by atomic mass is 9.91. The van der Waals surface area contributed by atoms with E-state index in [1.165, 1.54) is 63.6 Å². The molecule has 3 rings (SSSR count). The SMILES string of the molecule is CC(C)NCC1CCCC1Cc1ccn(C2CCCC2)n1. The van der Waals surface area contributed by atoms with E-state index in [1.54, 1.807) is 0 Å². The van der Waals surface area contributed by atoms with Crippen molar-refractivity contribution in [1.82, 2.24) is 15.1 Å². The summed E-state index contributed by atoms with van der Waals surface area (Å²) >= 11 is 0. The number of nitrogens with one attached hydrogen (secondary N) is 1. The molecule has 0 saturated heterocycles. The van der Waals surface area contributed by atoms with Gasteiger partial charge in [-0.05, 0) is 56.6 Å². The molecule has 1 heterocycles. The van der Waals surface area contributed by atoms with Crippen LogP contribution < -0.4 is 5.32 Å². The third-order valence-corrected chi connectivity index (χ3v) is 5.44. The van der Waals surface area contributed by atoms with Crippen LogP contribution in [0, 0.1) is 11.8 Å². The monoisotopic (exact) mass is 289 g/mol. The fourth-order valence-corrected chi connectivity index (χ4v) is 4.17. The van der Waals surface area contributed by atoms with E-state index in [-0.39, 0.29) is 0 Å². The lowest BCUT2D eigenvalue weighted by molar-refractivity contribution is 0.349. The van der Waals surface area contributed by atoms with E-state index in [0.717, 1.165) is 11.8 Å². The lowest BCUT2D eigenvalue weighted by Crippen LogP contribution is -2.31. The molecule has 0 bridgehead atoms. The van der Waals surface area contributed by atoms with Gasteiger partial charge in [-0.1, -0.05) is 33.1 Å². The second kappa shape index (κ2) is 6.95. The molecule has 0 radical (unpaired) electrons. The first kappa shape index (κ1) is 15.1. The summed E-state index contributed by atoms with van der Waals surface area (Å²) in [6.07, 6.45) is 13.0. The Morgan fingerprint density at radius 3 is 2.67 bits per heavy atom. The maximum Gasteiger partial charge on any atom is 0.0627 e. The van der Waals surface area contributed by atoms with E-state index in [9.17, 15) is 0 Å². The molecular formula is C18H31N3. The highest BCUT2D eigenvalue weighted by atomic mass is 15.3. The van der Waals surface area contributed by atoms with Crippen LogP contribution in [-0.4, -0.2) is 22.4 Å². The van der Waals surface area contributed by atoms with Crippen LogP contribution in [0.4, 0.5) is 0 Å². The maximum atomic E-state index is 4.88. The molecule has 118 valence electrons. The molecule has 2 atom stereocenters. The van der Waals surface area contributed by atoms with Crippen LogP contribution in [0.15, 0.2) is 12.3 Å². The summed E-state index contributed by atoms with van der Waals surface area (Å²) in [7, 11) is 0. The van der Waals surface area contributed by atoms with Crippen LogP contribution in [0.1, 0.15) is 70.5 Å². The van der Waals surface area contributed by atoms with Gasteiger partial charge in [0.2, 0.25) is 0 Å². The molecular weight excluding hydrogens is 258 g/mol. The van der Waals surface area contributed by atoms with Crippen molar-refractivity contribution in [2.75, 3.05) is 6.54 Å². The van der Waals surface area contributed by atoms with Gasteiger partial charge in [-0.3, -0.25) is 4.68 Å². The second-order valence-electron chi connectivity index (χ2n) is 7.44. The summed E-state index contributed by atoms with van der Waals surface area (Å²) in [6, 6.07) is 3.55. The Labute approximate surface area is 129 Å². The smallest absolute Gasteiger partial charge is 0.0627 e. The third kappa shape index (κ3) is 3.88. The van der Waals surface area contributed by atoms with Gasteiger partial charge >= 0.3 is 0 Å².